The Balaban J connectivity index is 1.59. The average molecular weight is 450 g/mol. The largest absolute Gasteiger partial charge is 0.485 e. The quantitative estimate of drug-likeness (QED) is 0.366. The number of halogens is 4. The molecule has 0 fully saturated rings. The van der Waals surface area contributed by atoms with Crippen LogP contribution in [0.3, 0.4) is 0 Å². The van der Waals surface area contributed by atoms with Crippen molar-refractivity contribution in [3.63, 3.8) is 0 Å². The first-order chi connectivity index (χ1) is 14.3. The number of pyridine rings is 1. The van der Waals surface area contributed by atoms with E-state index in [0.717, 1.165) is 17.4 Å². The first-order valence-electron chi connectivity index (χ1n) is 8.69. The summed E-state index contributed by atoms with van der Waals surface area (Å²) in [5.41, 5.74) is 0.572. The third-order valence-corrected chi connectivity index (χ3v) is 5.77. The lowest BCUT2D eigenvalue weighted by Gasteiger charge is -2.06. The van der Waals surface area contributed by atoms with Crippen molar-refractivity contribution in [3.05, 3.63) is 58.8 Å². The Kier molecular flexibility index (Phi) is 4.30. The molecule has 0 atom stereocenters. The van der Waals surface area contributed by atoms with Gasteiger partial charge in [0.05, 0.1) is 5.52 Å². The number of rotatable bonds is 3. The van der Waals surface area contributed by atoms with Gasteiger partial charge in [-0.15, -0.1) is 16.4 Å². The molecule has 0 N–H and O–H groups in total. The van der Waals surface area contributed by atoms with Crippen LogP contribution < -0.4 is 4.74 Å². The number of benzene rings is 1. The molecule has 1 aromatic carbocycles. The third kappa shape index (κ3) is 3.21. The number of hydrogen-bond acceptors (Lipinski definition) is 6. The molecule has 0 aliphatic heterocycles. The number of thiophene rings is 1. The van der Waals surface area contributed by atoms with Crippen LogP contribution in [0.2, 0.25) is 5.02 Å². The molecule has 6 nitrogen and oxygen atoms in total. The van der Waals surface area contributed by atoms with E-state index in [2.05, 4.69) is 20.1 Å². The highest BCUT2D eigenvalue weighted by Gasteiger charge is 2.33. The number of fused-ring (bicyclic) bond motifs is 5. The van der Waals surface area contributed by atoms with E-state index in [1.165, 1.54) is 10.8 Å². The van der Waals surface area contributed by atoms with Crippen LogP contribution in [0.1, 0.15) is 17.1 Å². The molecular weight excluding hydrogens is 439 g/mol. The number of alkyl halides is 3. The van der Waals surface area contributed by atoms with Crippen LogP contribution in [-0.4, -0.2) is 24.6 Å². The number of hydrogen-bond donors (Lipinski definition) is 0. The SMILES string of the molecule is Cc1cc(C(F)(F)F)nc2sc3c(ncn4nc(COc5cccc(Cl)c5)nc34)c12. The second-order valence-electron chi connectivity index (χ2n) is 6.57. The highest BCUT2D eigenvalue weighted by atomic mass is 35.5. The molecule has 0 unspecified atom stereocenters. The monoisotopic (exact) mass is 449 g/mol. The molecule has 0 aliphatic carbocycles. The summed E-state index contributed by atoms with van der Waals surface area (Å²) < 4.78 is 47.2. The number of aromatic nitrogens is 5. The van der Waals surface area contributed by atoms with Gasteiger partial charge in [-0.25, -0.2) is 19.5 Å². The summed E-state index contributed by atoms with van der Waals surface area (Å²) in [5.74, 6) is 0.980. The van der Waals surface area contributed by atoms with Crippen LogP contribution in [0.25, 0.3) is 26.1 Å². The lowest BCUT2D eigenvalue weighted by Crippen LogP contribution is -2.07. The summed E-state index contributed by atoms with van der Waals surface area (Å²) in [5, 5.41) is 5.48. The van der Waals surface area contributed by atoms with E-state index >= 15 is 0 Å². The lowest BCUT2D eigenvalue weighted by atomic mass is 10.1. The van der Waals surface area contributed by atoms with Crippen molar-refractivity contribution >= 4 is 49.0 Å². The van der Waals surface area contributed by atoms with Gasteiger partial charge >= 0.3 is 6.18 Å². The molecule has 0 amide bonds. The smallest absolute Gasteiger partial charge is 0.433 e. The molecular formula is C19H11ClF3N5OS. The van der Waals surface area contributed by atoms with Gasteiger partial charge in [-0.3, -0.25) is 0 Å². The minimum absolute atomic E-state index is 0.101. The highest BCUT2D eigenvalue weighted by molar-refractivity contribution is 7.26. The first-order valence-corrected chi connectivity index (χ1v) is 9.89. The summed E-state index contributed by atoms with van der Waals surface area (Å²) in [6, 6.07) is 7.98. The van der Waals surface area contributed by atoms with Gasteiger partial charge in [-0.05, 0) is 36.8 Å². The minimum Gasteiger partial charge on any atom is -0.485 e. The maximum Gasteiger partial charge on any atom is 0.433 e. The van der Waals surface area contributed by atoms with Crippen LogP contribution in [0, 0.1) is 6.92 Å². The number of nitrogens with zero attached hydrogens (tertiary/aromatic N) is 5. The van der Waals surface area contributed by atoms with E-state index in [-0.39, 0.29) is 11.4 Å². The number of ether oxygens (including phenoxy) is 1. The highest BCUT2D eigenvalue weighted by Crippen LogP contribution is 2.38. The van der Waals surface area contributed by atoms with Crippen molar-refractivity contribution in [2.45, 2.75) is 19.7 Å². The van der Waals surface area contributed by atoms with E-state index in [1.54, 1.807) is 31.2 Å². The van der Waals surface area contributed by atoms with Gasteiger partial charge in [-0.1, -0.05) is 17.7 Å². The fourth-order valence-corrected chi connectivity index (χ4v) is 4.52. The Labute approximate surface area is 175 Å². The van der Waals surface area contributed by atoms with Crippen LogP contribution in [-0.2, 0) is 12.8 Å². The van der Waals surface area contributed by atoms with Gasteiger partial charge in [0.1, 0.15) is 33.9 Å². The molecule has 11 heteroatoms. The summed E-state index contributed by atoms with van der Waals surface area (Å²) in [4.78, 5) is 12.9. The van der Waals surface area contributed by atoms with Gasteiger partial charge in [0, 0.05) is 10.4 Å². The van der Waals surface area contributed by atoms with Gasteiger partial charge in [0.2, 0.25) is 0 Å². The predicted octanol–water partition coefficient (Wildman–Crippen LogP) is 5.45. The first kappa shape index (κ1) is 19.0. The molecule has 4 aromatic heterocycles. The van der Waals surface area contributed by atoms with Gasteiger partial charge in [0.15, 0.2) is 11.5 Å². The molecule has 0 bridgehead atoms. The van der Waals surface area contributed by atoms with Crippen molar-refractivity contribution < 1.29 is 17.9 Å². The summed E-state index contributed by atoms with van der Waals surface area (Å²) in [6.07, 6.45) is -3.03. The zero-order valence-corrected chi connectivity index (χ0v) is 16.8. The van der Waals surface area contributed by atoms with Crippen molar-refractivity contribution in [3.8, 4) is 5.75 Å². The topological polar surface area (TPSA) is 65.2 Å². The van der Waals surface area contributed by atoms with Crippen LogP contribution >= 0.6 is 22.9 Å². The van der Waals surface area contributed by atoms with E-state index in [0.29, 0.717) is 43.4 Å². The van der Waals surface area contributed by atoms with E-state index in [1.807, 2.05) is 0 Å². The normalized spacial score (nSPS) is 12.3. The Morgan fingerprint density at radius 3 is 2.80 bits per heavy atom. The van der Waals surface area contributed by atoms with E-state index < -0.39 is 11.9 Å². The Morgan fingerprint density at radius 2 is 2.03 bits per heavy atom. The molecule has 5 aromatic rings. The van der Waals surface area contributed by atoms with E-state index in [9.17, 15) is 13.2 Å². The van der Waals surface area contributed by atoms with Crippen molar-refractivity contribution in [2.75, 3.05) is 0 Å². The van der Waals surface area contributed by atoms with E-state index in [4.69, 9.17) is 16.3 Å². The summed E-state index contributed by atoms with van der Waals surface area (Å²) >= 11 is 7.06. The molecule has 0 spiro atoms. The van der Waals surface area contributed by atoms with Crippen molar-refractivity contribution in [2.24, 2.45) is 0 Å². The van der Waals surface area contributed by atoms with Crippen LogP contribution in [0.15, 0.2) is 36.7 Å². The molecule has 0 radical (unpaired) electrons. The fraction of sp³-hybridized carbons (Fsp3) is 0.158. The Morgan fingerprint density at radius 1 is 1.20 bits per heavy atom. The lowest BCUT2D eigenvalue weighted by molar-refractivity contribution is -0.141. The molecule has 4 heterocycles. The molecule has 0 aliphatic rings. The van der Waals surface area contributed by atoms with Crippen LogP contribution in [0.4, 0.5) is 13.2 Å². The standard InChI is InChI=1S/C19H11ClF3N5OS/c1-9-5-12(19(21,22)23)25-18-14(9)15-16(30-18)17-26-13(27-28(17)8-24-15)7-29-11-4-2-3-10(20)6-11/h2-6,8H,7H2,1H3. The Bertz CT molecular complexity index is 1430. The van der Waals surface area contributed by atoms with Crippen LogP contribution in [0.5, 0.6) is 5.75 Å². The van der Waals surface area contributed by atoms with Crippen molar-refractivity contribution in [1.82, 2.24) is 24.6 Å². The molecule has 152 valence electrons. The minimum atomic E-state index is -4.52. The molecule has 0 saturated carbocycles. The molecule has 5 rings (SSSR count). The molecule has 0 saturated heterocycles. The zero-order valence-electron chi connectivity index (χ0n) is 15.2. The summed E-state index contributed by atoms with van der Waals surface area (Å²) in [7, 11) is 0. The maximum atomic E-state index is 13.1. The Hall–Kier alpha value is -2.98. The fourth-order valence-electron chi connectivity index (χ4n) is 3.16. The van der Waals surface area contributed by atoms with Gasteiger partial charge < -0.3 is 4.74 Å². The van der Waals surface area contributed by atoms with Gasteiger partial charge in [-0.2, -0.15) is 13.2 Å². The predicted molar refractivity (Wildman–Crippen MR) is 107 cm³/mol. The maximum absolute atomic E-state index is 13.1. The number of aryl methyl sites for hydroxylation is 1. The zero-order chi connectivity index (χ0) is 21.0. The second kappa shape index (κ2) is 6.78. The third-order valence-electron chi connectivity index (χ3n) is 4.46. The molecule has 30 heavy (non-hydrogen) atoms. The summed E-state index contributed by atoms with van der Waals surface area (Å²) in [6.45, 7) is 1.72. The van der Waals surface area contributed by atoms with Gasteiger partial charge in [0.25, 0.3) is 0 Å². The average Bonchev–Trinajstić information content (AvgIpc) is 3.26. The van der Waals surface area contributed by atoms with Crippen molar-refractivity contribution in [1.29, 1.82) is 0 Å². The second-order valence-corrected chi connectivity index (χ2v) is 8.00.